The number of halogens is 2. The lowest BCUT2D eigenvalue weighted by molar-refractivity contribution is 0.0942. The van der Waals surface area contributed by atoms with Crippen LogP contribution in [0.2, 0.25) is 0 Å². The van der Waals surface area contributed by atoms with Gasteiger partial charge in [0.05, 0.1) is 11.3 Å². The topological polar surface area (TPSA) is 34.0 Å². The molecule has 0 saturated heterocycles. The Labute approximate surface area is 184 Å². The van der Waals surface area contributed by atoms with Crippen LogP contribution in [0.3, 0.4) is 0 Å². The molecule has 1 aromatic heterocycles. The first-order valence-electron chi connectivity index (χ1n) is 12.0. The van der Waals surface area contributed by atoms with Gasteiger partial charge in [-0.1, -0.05) is 38.5 Å². The minimum Gasteiger partial charge on any atom is -0.352 e. The molecule has 168 valence electrons. The molecule has 2 saturated carbocycles. The molecule has 0 unspecified atom stereocenters. The molecule has 2 aliphatic rings. The third kappa shape index (κ3) is 5.19. The lowest BCUT2D eigenvalue weighted by Gasteiger charge is -2.24. The van der Waals surface area contributed by atoms with Crippen LogP contribution in [-0.2, 0) is 6.54 Å². The van der Waals surface area contributed by atoms with E-state index in [1.54, 1.807) is 6.07 Å². The third-order valence-electron chi connectivity index (χ3n) is 7.26. The van der Waals surface area contributed by atoms with E-state index in [-0.39, 0.29) is 11.5 Å². The van der Waals surface area contributed by atoms with E-state index >= 15 is 0 Å². The fraction of sp³-hybridized carbons (Fsp3) is 0.577. The summed E-state index contributed by atoms with van der Waals surface area (Å²) in [5.74, 6) is 0.0140. The van der Waals surface area contributed by atoms with Crippen LogP contribution in [0.4, 0.5) is 8.78 Å². The highest BCUT2D eigenvalue weighted by molar-refractivity contribution is 5.97. The molecule has 31 heavy (non-hydrogen) atoms. The Hall–Kier alpha value is -2.17. The maximum Gasteiger partial charge on any atom is 0.253 e. The summed E-state index contributed by atoms with van der Waals surface area (Å²) in [7, 11) is 0. The second kappa shape index (κ2) is 9.97. The van der Waals surface area contributed by atoms with Crippen LogP contribution >= 0.6 is 0 Å². The minimum atomic E-state index is -0.470. The van der Waals surface area contributed by atoms with Crippen LogP contribution in [0.5, 0.6) is 0 Å². The standard InChI is InChI=1S/C26H34F2N2O/c1-18-22(26(31)29-16-19-8-4-2-5-9-19)15-25(23-14-21(27)12-13-24(23)28)30(18)17-20-10-6-3-7-11-20/h12-15,19-20H,2-11,16-17H2,1H3,(H,29,31). The summed E-state index contributed by atoms with van der Waals surface area (Å²) in [6.07, 6.45) is 12.1. The number of hydrogen-bond acceptors (Lipinski definition) is 1. The Kier molecular flexibility index (Phi) is 7.09. The number of nitrogens with one attached hydrogen (secondary N) is 1. The van der Waals surface area contributed by atoms with Gasteiger partial charge in [0.1, 0.15) is 11.6 Å². The second-order valence-corrected chi connectivity index (χ2v) is 9.48. The van der Waals surface area contributed by atoms with E-state index in [9.17, 15) is 13.6 Å². The maximum absolute atomic E-state index is 14.7. The van der Waals surface area contributed by atoms with Crippen LogP contribution in [-0.4, -0.2) is 17.0 Å². The first kappa shape index (κ1) is 22.0. The summed E-state index contributed by atoms with van der Waals surface area (Å²) >= 11 is 0. The van der Waals surface area contributed by atoms with Gasteiger partial charge in [-0.05, 0) is 68.7 Å². The highest BCUT2D eigenvalue weighted by Crippen LogP contribution is 2.33. The Morgan fingerprint density at radius 3 is 2.29 bits per heavy atom. The molecule has 0 aliphatic heterocycles. The summed E-state index contributed by atoms with van der Waals surface area (Å²) in [5, 5.41) is 3.11. The normalized spacial score (nSPS) is 18.3. The van der Waals surface area contributed by atoms with Gasteiger partial charge in [0.25, 0.3) is 5.91 Å². The van der Waals surface area contributed by atoms with Crippen molar-refractivity contribution in [3.8, 4) is 11.3 Å². The summed E-state index contributed by atoms with van der Waals surface area (Å²) in [4.78, 5) is 13.1. The van der Waals surface area contributed by atoms with Crippen molar-refractivity contribution in [1.29, 1.82) is 0 Å². The number of benzene rings is 1. The monoisotopic (exact) mass is 428 g/mol. The molecule has 4 rings (SSSR count). The van der Waals surface area contributed by atoms with E-state index in [1.807, 2.05) is 11.5 Å². The van der Waals surface area contributed by atoms with Gasteiger partial charge in [0, 0.05) is 24.3 Å². The van der Waals surface area contributed by atoms with Crippen LogP contribution in [0.1, 0.15) is 80.3 Å². The fourth-order valence-electron chi connectivity index (χ4n) is 5.38. The van der Waals surface area contributed by atoms with E-state index in [4.69, 9.17) is 0 Å². The van der Waals surface area contributed by atoms with E-state index in [0.29, 0.717) is 29.6 Å². The van der Waals surface area contributed by atoms with Crippen LogP contribution in [0.15, 0.2) is 24.3 Å². The molecule has 2 fully saturated rings. The summed E-state index contributed by atoms with van der Waals surface area (Å²) in [5.41, 5.74) is 2.24. The number of carbonyl (C=O) groups is 1. The summed E-state index contributed by atoms with van der Waals surface area (Å²) in [6.45, 7) is 3.36. The molecule has 1 amide bonds. The maximum atomic E-state index is 14.7. The van der Waals surface area contributed by atoms with E-state index in [2.05, 4.69) is 5.32 Å². The van der Waals surface area contributed by atoms with E-state index < -0.39 is 11.6 Å². The van der Waals surface area contributed by atoms with Gasteiger partial charge in [0.15, 0.2) is 0 Å². The smallest absolute Gasteiger partial charge is 0.253 e. The van der Waals surface area contributed by atoms with E-state index in [0.717, 1.165) is 31.1 Å². The predicted molar refractivity (Wildman–Crippen MR) is 120 cm³/mol. The molecule has 1 N–H and O–H groups in total. The molecule has 3 nitrogen and oxygen atoms in total. The quantitative estimate of drug-likeness (QED) is 0.550. The Bertz CT molecular complexity index is 908. The average molecular weight is 429 g/mol. The predicted octanol–water partition coefficient (Wildman–Crippen LogP) is 6.63. The van der Waals surface area contributed by atoms with Crippen LogP contribution < -0.4 is 5.32 Å². The van der Waals surface area contributed by atoms with Crippen molar-refractivity contribution in [2.75, 3.05) is 6.54 Å². The SMILES string of the molecule is Cc1c(C(=O)NCC2CCCCC2)cc(-c2cc(F)ccc2F)n1CC1CCCCC1. The zero-order valence-corrected chi connectivity index (χ0v) is 18.6. The molecule has 0 atom stereocenters. The zero-order chi connectivity index (χ0) is 21.8. The fourth-order valence-corrected chi connectivity index (χ4v) is 5.38. The largest absolute Gasteiger partial charge is 0.352 e. The van der Waals surface area contributed by atoms with Gasteiger partial charge in [0.2, 0.25) is 0 Å². The zero-order valence-electron chi connectivity index (χ0n) is 18.6. The van der Waals surface area contributed by atoms with Crippen molar-refractivity contribution in [3.05, 3.63) is 47.2 Å². The Balaban J connectivity index is 1.62. The molecule has 1 aromatic carbocycles. The molecular weight excluding hydrogens is 394 g/mol. The third-order valence-corrected chi connectivity index (χ3v) is 7.26. The van der Waals surface area contributed by atoms with Crippen molar-refractivity contribution in [2.24, 2.45) is 11.8 Å². The molecule has 0 radical (unpaired) electrons. The lowest BCUT2D eigenvalue weighted by Crippen LogP contribution is -2.30. The van der Waals surface area contributed by atoms with Crippen molar-refractivity contribution >= 4 is 5.91 Å². The molecular formula is C26H34F2N2O. The number of nitrogens with zero attached hydrogens (tertiary/aromatic N) is 1. The molecule has 5 heteroatoms. The van der Waals surface area contributed by atoms with Crippen molar-refractivity contribution in [2.45, 2.75) is 77.7 Å². The number of aromatic nitrogens is 1. The number of amides is 1. The van der Waals surface area contributed by atoms with Gasteiger partial charge in [-0.15, -0.1) is 0 Å². The second-order valence-electron chi connectivity index (χ2n) is 9.48. The molecule has 2 aliphatic carbocycles. The molecule has 2 aromatic rings. The van der Waals surface area contributed by atoms with Gasteiger partial charge >= 0.3 is 0 Å². The molecule has 0 bridgehead atoms. The van der Waals surface area contributed by atoms with E-state index in [1.165, 1.54) is 63.5 Å². The lowest BCUT2D eigenvalue weighted by atomic mass is 9.89. The summed E-state index contributed by atoms with van der Waals surface area (Å²) in [6, 6.07) is 5.30. The van der Waals surface area contributed by atoms with Gasteiger partial charge in [-0.3, -0.25) is 4.79 Å². The first-order valence-corrected chi connectivity index (χ1v) is 12.0. The Morgan fingerprint density at radius 2 is 1.61 bits per heavy atom. The average Bonchev–Trinajstić information content (AvgIpc) is 3.11. The van der Waals surface area contributed by atoms with Crippen molar-refractivity contribution < 1.29 is 13.6 Å². The van der Waals surface area contributed by atoms with Crippen LogP contribution in [0, 0.1) is 30.4 Å². The molecule has 1 heterocycles. The Morgan fingerprint density at radius 1 is 0.968 bits per heavy atom. The van der Waals surface area contributed by atoms with Gasteiger partial charge in [-0.25, -0.2) is 8.78 Å². The van der Waals surface area contributed by atoms with Crippen molar-refractivity contribution in [1.82, 2.24) is 9.88 Å². The number of rotatable bonds is 6. The van der Waals surface area contributed by atoms with Crippen LogP contribution in [0.25, 0.3) is 11.3 Å². The number of hydrogen-bond donors (Lipinski definition) is 1. The minimum absolute atomic E-state index is 0.108. The highest BCUT2D eigenvalue weighted by atomic mass is 19.1. The first-order chi connectivity index (χ1) is 15.0. The van der Waals surface area contributed by atoms with Gasteiger partial charge < -0.3 is 9.88 Å². The highest BCUT2D eigenvalue weighted by Gasteiger charge is 2.24. The van der Waals surface area contributed by atoms with Crippen molar-refractivity contribution in [3.63, 3.8) is 0 Å². The summed E-state index contributed by atoms with van der Waals surface area (Å²) < 4.78 is 30.7. The molecule has 0 spiro atoms. The number of carbonyl (C=O) groups excluding carboxylic acids is 1. The van der Waals surface area contributed by atoms with Gasteiger partial charge in [-0.2, -0.15) is 0 Å².